The van der Waals surface area contributed by atoms with Crippen LogP contribution in [0.2, 0.25) is 0 Å². The van der Waals surface area contributed by atoms with Gasteiger partial charge in [-0.25, -0.2) is 0 Å². The van der Waals surface area contributed by atoms with Gasteiger partial charge in [0.25, 0.3) is 5.69 Å². The molecule has 1 aromatic carbocycles. The molecule has 0 aliphatic rings. The topological polar surface area (TPSA) is 73.1 Å². The third-order valence-electron chi connectivity index (χ3n) is 2.83. The van der Waals surface area contributed by atoms with Crippen LogP contribution in [0.25, 0.3) is 0 Å². The SMILES string of the molecule is Cc1cc(C(=O)c2ccccc2[N+](=O)[O-])c(C)cn1. The molecule has 0 amide bonds. The Kier molecular flexibility index (Phi) is 3.37. The van der Waals surface area contributed by atoms with Crippen molar-refractivity contribution in [3.05, 3.63) is 69.0 Å². The lowest BCUT2D eigenvalue weighted by atomic mass is 9.99. The Balaban J connectivity index is 2.56. The third kappa shape index (κ3) is 2.49. The molecule has 2 aromatic rings. The predicted octanol–water partition coefficient (Wildman–Crippen LogP) is 2.84. The van der Waals surface area contributed by atoms with Gasteiger partial charge < -0.3 is 0 Å². The normalized spacial score (nSPS) is 10.2. The van der Waals surface area contributed by atoms with Gasteiger partial charge in [0.2, 0.25) is 0 Å². The highest BCUT2D eigenvalue weighted by Crippen LogP contribution is 2.22. The summed E-state index contributed by atoms with van der Waals surface area (Å²) in [5.41, 5.74) is 1.77. The van der Waals surface area contributed by atoms with Crippen LogP contribution in [0.3, 0.4) is 0 Å². The summed E-state index contributed by atoms with van der Waals surface area (Å²) in [7, 11) is 0. The number of aromatic nitrogens is 1. The Morgan fingerprint density at radius 1 is 1.21 bits per heavy atom. The van der Waals surface area contributed by atoms with Crippen molar-refractivity contribution in [2.24, 2.45) is 0 Å². The van der Waals surface area contributed by atoms with Gasteiger partial charge in [0.15, 0.2) is 5.78 Å². The molecule has 0 fully saturated rings. The molecule has 0 spiro atoms. The van der Waals surface area contributed by atoms with E-state index in [0.29, 0.717) is 16.8 Å². The monoisotopic (exact) mass is 256 g/mol. The van der Waals surface area contributed by atoms with Crippen molar-refractivity contribution in [1.82, 2.24) is 4.98 Å². The minimum absolute atomic E-state index is 0.0983. The van der Waals surface area contributed by atoms with Crippen LogP contribution in [-0.2, 0) is 0 Å². The number of nitro groups is 1. The van der Waals surface area contributed by atoms with Crippen molar-refractivity contribution in [2.45, 2.75) is 13.8 Å². The molecule has 5 nitrogen and oxygen atoms in total. The molecule has 1 heterocycles. The highest BCUT2D eigenvalue weighted by atomic mass is 16.6. The summed E-state index contributed by atoms with van der Waals surface area (Å²) < 4.78 is 0. The molecule has 0 saturated heterocycles. The van der Waals surface area contributed by atoms with E-state index in [2.05, 4.69) is 4.98 Å². The molecule has 19 heavy (non-hydrogen) atoms. The number of rotatable bonds is 3. The molecule has 0 aliphatic heterocycles. The van der Waals surface area contributed by atoms with Crippen molar-refractivity contribution in [2.75, 3.05) is 0 Å². The molecule has 0 atom stereocenters. The first-order chi connectivity index (χ1) is 9.00. The number of carbonyl (C=O) groups excluding carboxylic acids is 1. The van der Waals surface area contributed by atoms with Crippen LogP contribution in [0.5, 0.6) is 0 Å². The summed E-state index contributed by atoms with van der Waals surface area (Å²) in [5, 5.41) is 11.0. The fraction of sp³-hybridized carbons (Fsp3) is 0.143. The quantitative estimate of drug-likeness (QED) is 0.481. The molecular formula is C14H12N2O3. The molecule has 0 unspecified atom stereocenters. The number of nitro benzene ring substituents is 1. The zero-order chi connectivity index (χ0) is 14.0. The second-order valence-electron chi connectivity index (χ2n) is 4.24. The number of hydrogen-bond donors (Lipinski definition) is 0. The summed E-state index contributed by atoms with van der Waals surface area (Å²) in [6, 6.07) is 7.60. The van der Waals surface area contributed by atoms with Crippen LogP contribution in [0.4, 0.5) is 5.69 Å². The van der Waals surface area contributed by atoms with E-state index in [-0.39, 0.29) is 17.0 Å². The molecule has 2 rings (SSSR count). The van der Waals surface area contributed by atoms with Crippen LogP contribution in [0, 0.1) is 24.0 Å². The van der Waals surface area contributed by atoms with E-state index in [1.807, 2.05) is 0 Å². The highest BCUT2D eigenvalue weighted by molar-refractivity contribution is 6.12. The van der Waals surface area contributed by atoms with E-state index in [4.69, 9.17) is 0 Å². The van der Waals surface area contributed by atoms with Gasteiger partial charge in [-0.15, -0.1) is 0 Å². The maximum absolute atomic E-state index is 12.4. The van der Waals surface area contributed by atoms with Crippen molar-refractivity contribution >= 4 is 11.5 Å². The van der Waals surface area contributed by atoms with Gasteiger partial charge in [0, 0.05) is 23.5 Å². The molecule has 1 aromatic heterocycles. The second-order valence-corrected chi connectivity index (χ2v) is 4.24. The largest absolute Gasteiger partial charge is 0.288 e. The van der Waals surface area contributed by atoms with Gasteiger partial charge in [-0.1, -0.05) is 12.1 Å². The smallest absolute Gasteiger partial charge is 0.280 e. The number of nitrogens with zero attached hydrogens (tertiary/aromatic N) is 2. The zero-order valence-corrected chi connectivity index (χ0v) is 10.6. The fourth-order valence-corrected chi connectivity index (χ4v) is 1.84. The van der Waals surface area contributed by atoms with Crippen molar-refractivity contribution < 1.29 is 9.72 Å². The average molecular weight is 256 g/mol. The zero-order valence-electron chi connectivity index (χ0n) is 10.6. The van der Waals surface area contributed by atoms with Crippen molar-refractivity contribution in [3.63, 3.8) is 0 Å². The first-order valence-corrected chi connectivity index (χ1v) is 5.72. The van der Waals surface area contributed by atoms with Gasteiger partial charge in [0.05, 0.1) is 4.92 Å². The van der Waals surface area contributed by atoms with Crippen molar-refractivity contribution in [3.8, 4) is 0 Å². The van der Waals surface area contributed by atoms with E-state index in [1.54, 1.807) is 38.2 Å². The summed E-state index contributed by atoms with van der Waals surface area (Å²) in [6.45, 7) is 3.53. The van der Waals surface area contributed by atoms with Crippen LogP contribution in [-0.4, -0.2) is 15.7 Å². The number of pyridine rings is 1. The number of ketones is 1. The second kappa shape index (κ2) is 4.97. The lowest BCUT2D eigenvalue weighted by molar-refractivity contribution is -0.385. The first kappa shape index (κ1) is 12.9. The summed E-state index contributed by atoms with van der Waals surface area (Å²) in [4.78, 5) is 26.9. The number of carbonyl (C=O) groups is 1. The molecule has 0 radical (unpaired) electrons. The summed E-state index contributed by atoms with van der Waals surface area (Å²) >= 11 is 0. The fourth-order valence-electron chi connectivity index (χ4n) is 1.84. The van der Waals surface area contributed by atoms with E-state index in [9.17, 15) is 14.9 Å². The Morgan fingerprint density at radius 3 is 2.58 bits per heavy atom. The Labute approximate surface area is 110 Å². The highest BCUT2D eigenvalue weighted by Gasteiger charge is 2.21. The van der Waals surface area contributed by atoms with Crippen molar-refractivity contribution in [1.29, 1.82) is 0 Å². The number of hydrogen-bond acceptors (Lipinski definition) is 4. The lowest BCUT2D eigenvalue weighted by Crippen LogP contribution is -2.08. The molecule has 0 saturated carbocycles. The van der Waals surface area contributed by atoms with E-state index < -0.39 is 4.92 Å². The standard InChI is InChI=1S/C14H12N2O3/c1-9-8-15-10(2)7-12(9)14(17)11-5-3-4-6-13(11)16(18)19/h3-8H,1-2H3. The lowest BCUT2D eigenvalue weighted by Gasteiger charge is -2.06. The van der Waals surface area contributed by atoms with E-state index in [1.165, 1.54) is 12.1 Å². The van der Waals surface area contributed by atoms with Gasteiger partial charge in [-0.3, -0.25) is 19.9 Å². The van der Waals surface area contributed by atoms with Crippen LogP contribution in [0.1, 0.15) is 27.2 Å². The Morgan fingerprint density at radius 2 is 1.89 bits per heavy atom. The maximum Gasteiger partial charge on any atom is 0.280 e. The summed E-state index contributed by atoms with van der Waals surface area (Å²) in [5.74, 6) is -0.352. The van der Waals surface area contributed by atoms with Gasteiger partial charge in [0.1, 0.15) is 5.56 Å². The molecule has 0 bridgehead atoms. The predicted molar refractivity (Wildman–Crippen MR) is 70.2 cm³/mol. The van der Waals surface area contributed by atoms with Crippen LogP contribution < -0.4 is 0 Å². The molecular weight excluding hydrogens is 244 g/mol. The number of aryl methyl sites for hydroxylation is 2. The van der Waals surface area contributed by atoms with E-state index >= 15 is 0 Å². The maximum atomic E-state index is 12.4. The van der Waals surface area contributed by atoms with E-state index in [0.717, 1.165) is 0 Å². The molecule has 0 aliphatic carbocycles. The number of para-hydroxylation sites is 1. The minimum Gasteiger partial charge on any atom is -0.288 e. The van der Waals surface area contributed by atoms with Crippen LogP contribution >= 0.6 is 0 Å². The molecule has 5 heteroatoms. The average Bonchev–Trinajstić information content (AvgIpc) is 2.40. The molecule has 0 N–H and O–H groups in total. The Bertz CT molecular complexity index is 665. The van der Waals surface area contributed by atoms with Gasteiger partial charge >= 0.3 is 0 Å². The minimum atomic E-state index is -0.545. The first-order valence-electron chi connectivity index (χ1n) is 5.72. The van der Waals surface area contributed by atoms with Gasteiger partial charge in [-0.2, -0.15) is 0 Å². The molecule has 96 valence electrons. The van der Waals surface area contributed by atoms with Crippen LogP contribution in [0.15, 0.2) is 36.5 Å². The third-order valence-corrected chi connectivity index (χ3v) is 2.83. The Hall–Kier alpha value is -2.56. The van der Waals surface area contributed by atoms with Gasteiger partial charge in [-0.05, 0) is 31.5 Å². The number of benzene rings is 1. The summed E-state index contributed by atoms with van der Waals surface area (Å²) in [6.07, 6.45) is 1.59.